The third-order valence-corrected chi connectivity index (χ3v) is 7.05. The SMILES string of the molecule is CN1CCN(C(=O)CN(C(=O)C(F)(F)F)c2cccc3c2CCN(C(=O)OC(C)(C)C)C3)C(c2ccccc2)C1. The van der Waals surface area contributed by atoms with Crippen molar-refractivity contribution in [2.75, 3.05) is 44.7 Å². The van der Waals surface area contributed by atoms with Gasteiger partial charge in [0.15, 0.2) is 0 Å². The molecule has 11 heteroatoms. The van der Waals surface area contributed by atoms with Crippen molar-refractivity contribution in [2.45, 2.75) is 51.6 Å². The molecular formula is C29H35F3N4O4. The molecule has 0 spiro atoms. The van der Waals surface area contributed by atoms with Gasteiger partial charge < -0.3 is 19.4 Å². The van der Waals surface area contributed by atoms with E-state index in [-0.39, 0.29) is 31.2 Å². The fourth-order valence-electron chi connectivity index (χ4n) is 5.15. The van der Waals surface area contributed by atoms with Crippen LogP contribution in [-0.2, 0) is 27.3 Å². The number of likely N-dealkylation sites (N-methyl/N-ethyl adjacent to an activating group) is 1. The van der Waals surface area contributed by atoms with Crippen molar-refractivity contribution in [1.82, 2.24) is 14.7 Å². The van der Waals surface area contributed by atoms with Gasteiger partial charge in [0.1, 0.15) is 12.1 Å². The minimum atomic E-state index is -5.18. The highest BCUT2D eigenvalue weighted by Crippen LogP contribution is 2.33. The maximum absolute atomic E-state index is 13.8. The molecule has 1 fully saturated rings. The van der Waals surface area contributed by atoms with E-state index in [0.29, 0.717) is 35.7 Å². The number of amides is 3. The summed E-state index contributed by atoms with van der Waals surface area (Å²) >= 11 is 0. The van der Waals surface area contributed by atoms with Crippen molar-refractivity contribution in [3.63, 3.8) is 0 Å². The quantitative estimate of drug-likeness (QED) is 0.555. The lowest BCUT2D eigenvalue weighted by Gasteiger charge is -2.41. The van der Waals surface area contributed by atoms with Crippen molar-refractivity contribution in [1.29, 1.82) is 0 Å². The third-order valence-electron chi connectivity index (χ3n) is 7.05. The molecule has 1 saturated heterocycles. The molecule has 2 aromatic carbocycles. The fourth-order valence-corrected chi connectivity index (χ4v) is 5.15. The second kappa shape index (κ2) is 11.5. The van der Waals surface area contributed by atoms with Gasteiger partial charge in [0.2, 0.25) is 5.91 Å². The lowest BCUT2D eigenvalue weighted by Crippen LogP contribution is -2.54. The molecule has 0 N–H and O–H groups in total. The molecule has 3 amide bonds. The summed E-state index contributed by atoms with van der Waals surface area (Å²) in [6.45, 7) is 6.22. The predicted molar refractivity (Wildman–Crippen MR) is 144 cm³/mol. The lowest BCUT2D eigenvalue weighted by molar-refractivity contribution is -0.170. The molecule has 8 nitrogen and oxygen atoms in total. The first-order chi connectivity index (χ1) is 18.7. The Hall–Kier alpha value is -3.60. The first-order valence-corrected chi connectivity index (χ1v) is 13.2. The summed E-state index contributed by atoms with van der Waals surface area (Å²) in [6.07, 6.45) is -5.49. The summed E-state index contributed by atoms with van der Waals surface area (Å²) in [7, 11) is 1.92. The molecule has 0 bridgehead atoms. The van der Waals surface area contributed by atoms with E-state index in [2.05, 4.69) is 4.90 Å². The van der Waals surface area contributed by atoms with E-state index in [0.717, 1.165) is 5.56 Å². The molecule has 0 aliphatic carbocycles. The van der Waals surface area contributed by atoms with Gasteiger partial charge in [0.25, 0.3) is 0 Å². The molecule has 2 aliphatic rings. The third kappa shape index (κ3) is 6.75. The standard InChI is InChI=1S/C29H35F3N4O4/c1-28(2,3)40-27(39)34-14-13-22-21(17-34)11-8-12-23(22)36(26(38)29(30,31)32)19-25(37)35-16-15-33(4)18-24(35)20-9-6-5-7-10-20/h5-12,24H,13-19H2,1-4H3. The molecule has 40 heavy (non-hydrogen) atoms. The van der Waals surface area contributed by atoms with Crippen molar-refractivity contribution in [3.8, 4) is 0 Å². The van der Waals surface area contributed by atoms with Gasteiger partial charge in [-0.25, -0.2) is 4.79 Å². The average molecular weight is 561 g/mol. The first-order valence-electron chi connectivity index (χ1n) is 13.2. The molecule has 4 rings (SSSR count). The van der Waals surface area contributed by atoms with Crippen LogP contribution < -0.4 is 4.90 Å². The highest BCUT2D eigenvalue weighted by Gasteiger charge is 2.45. The maximum atomic E-state index is 13.8. The Balaban J connectivity index is 1.63. The topological polar surface area (TPSA) is 73.4 Å². The second-order valence-electron chi connectivity index (χ2n) is 11.2. The summed E-state index contributed by atoms with van der Waals surface area (Å²) in [6, 6.07) is 13.6. The summed E-state index contributed by atoms with van der Waals surface area (Å²) in [5, 5.41) is 0. The number of ether oxygens (including phenoxy) is 1. The molecule has 2 heterocycles. The van der Waals surface area contributed by atoms with Crippen LogP contribution in [0.4, 0.5) is 23.7 Å². The molecule has 1 unspecified atom stereocenters. The van der Waals surface area contributed by atoms with Crippen LogP contribution in [0.5, 0.6) is 0 Å². The van der Waals surface area contributed by atoms with E-state index in [1.54, 1.807) is 31.7 Å². The normalized spacial score (nSPS) is 18.2. The number of nitrogens with zero attached hydrogens (tertiary/aromatic N) is 4. The Morgan fingerprint density at radius 3 is 2.33 bits per heavy atom. The molecule has 2 aromatic rings. The summed E-state index contributed by atoms with van der Waals surface area (Å²) in [5.74, 6) is -2.67. The van der Waals surface area contributed by atoms with Crippen LogP contribution in [0.25, 0.3) is 0 Å². The van der Waals surface area contributed by atoms with Crippen molar-refractivity contribution in [2.24, 2.45) is 0 Å². The molecular weight excluding hydrogens is 525 g/mol. The number of carbonyl (C=O) groups excluding carboxylic acids is 3. The average Bonchev–Trinajstić information content (AvgIpc) is 2.89. The van der Waals surface area contributed by atoms with E-state index in [4.69, 9.17) is 4.74 Å². The molecule has 216 valence electrons. The molecule has 0 radical (unpaired) electrons. The highest BCUT2D eigenvalue weighted by molar-refractivity contribution is 6.02. The lowest BCUT2D eigenvalue weighted by atomic mass is 9.97. The number of piperazine rings is 1. The molecule has 2 aliphatic heterocycles. The smallest absolute Gasteiger partial charge is 0.444 e. The number of halogens is 3. The summed E-state index contributed by atoms with van der Waals surface area (Å²) in [5.41, 5.74) is 1.31. The van der Waals surface area contributed by atoms with Gasteiger partial charge in [-0.3, -0.25) is 14.5 Å². The monoisotopic (exact) mass is 560 g/mol. The summed E-state index contributed by atoms with van der Waals surface area (Å²) < 4.78 is 47.0. The van der Waals surface area contributed by atoms with Crippen LogP contribution in [0.15, 0.2) is 48.5 Å². The number of carbonyl (C=O) groups is 3. The number of hydrogen-bond donors (Lipinski definition) is 0. The Morgan fingerprint density at radius 2 is 1.68 bits per heavy atom. The highest BCUT2D eigenvalue weighted by atomic mass is 19.4. The summed E-state index contributed by atoms with van der Waals surface area (Å²) in [4.78, 5) is 44.6. The second-order valence-corrected chi connectivity index (χ2v) is 11.2. The Labute approximate surface area is 232 Å². The minimum absolute atomic E-state index is 0.0300. The number of hydrogen-bond acceptors (Lipinski definition) is 5. The van der Waals surface area contributed by atoms with Crippen LogP contribution in [0, 0.1) is 0 Å². The van der Waals surface area contributed by atoms with E-state index >= 15 is 0 Å². The number of fused-ring (bicyclic) bond motifs is 1. The van der Waals surface area contributed by atoms with Crippen LogP contribution in [-0.4, -0.2) is 84.2 Å². The van der Waals surface area contributed by atoms with E-state index in [1.165, 1.54) is 17.0 Å². The van der Waals surface area contributed by atoms with Crippen LogP contribution >= 0.6 is 0 Å². The van der Waals surface area contributed by atoms with Gasteiger partial charge in [0.05, 0.1) is 6.04 Å². The molecule has 1 atom stereocenters. The van der Waals surface area contributed by atoms with Gasteiger partial charge in [-0.1, -0.05) is 42.5 Å². The van der Waals surface area contributed by atoms with Crippen LogP contribution in [0.2, 0.25) is 0 Å². The molecule has 0 saturated carbocycles. The zero-order chi connectivity index (χ0) is 29.2. The largest absolute Gasteiger partial charge is 0.471 e. The van der Waals surface area contributed by atoms with E-state index in [9.17, 15) is 27.6 Å². The molecule has 0 aromatic heterocycles. The minimum Gasteiger partial charge on any atom is -0.444 e. The van der Waals surface area contributed by atoms with Gasteiger partial charge in [-0.05, 0) is 57.0 Å². The Kier molecular flexibility index (Phi) is 8.44. The zero-order valence-electron chi connectivity index (χ0n) is 23.2. The van der Waals surface area contributed by atoms with Crippen molar-refractivity contribution in [3.05, 3.63) is 65.2 Å². The number of anilines is 1. The van der Waals surface area contributed by atoms with E-state index < -0.39 is 36.2 Å². The van der Waals surface area contributed by atoms with Crippen molar-refractivity contribution < 1.29 is 32.3 Å². The van der Waals surface area contributed by atoms with E-state index in [1.807, 2.05) is 37.4 Å². The zero-order valence-corrected chi connectivity index (χ0v) is 23.2. The predicted octanol–water partition coefficient (Wildman–Crippen LogP) is 4.39. The van der Waals surface area contributed by atoms with Crippen molar-refractivity contribution >= 4 is 23.6 Å². The van der Waals surface area contributed by atoms with Gasteiger partial charge in [0, 0.05) is 38.4 Å². The fraction of sp³-hybridized carbons (Fsp3) is 0.483. The number of alkyl halides is 3. The number of benzene rings is 2. The Bertz CT molecular complexity index is 1250. The number of rotatable bonds is 4. The van der Waals surface area contributed by atoms with Gasteiger partial charge in [-0.15, -0.1) is 0 Å². The Morgan fingerprint density at radius 1 is 0.975 bits per heavy atom. The first kappa shape index (κ1) is 29.4. The maximum Gasteiger partial charge on any atom is 0.471 e. The van der Waals surface area contributed by atoms with Gasteiger partial charge in [-0.2, -0.15) is 13.2 Å². The van der Waals surface area contributed by atoms with Crippen LogP contribution in [0.3, 0.4) is 0 Å². The van der Waals surface area contributed by atoms with Gasteiger partial charge >= 0.3 is 18.2 Å². The van der Waals surface area contributed by atoms with Crippen LogP contribution in [0.1, 0.15) is 43.5 Å².